The van der Waals surface area contributed by atoms with Crippen molar-refractivity contribution in [1.29, 1.82) is 0 Å². The highest BCUT2D eigenvalue weighted by molar-refractivity contribution is 6.35. The van der Waals surface area contributed by atoms with Crippen LogP contribution in [0.3, 0.4) is 0 Å². The van der Waals surface area contributed by atoms with Gasteiger partial charge in [0.05, 0.1) is 18.2 Å². The maximum atomic E-state index is 13.1. The number of carboxylic acids is 1. The van der Waals surface area contributed by atoms with Crippen LogP contribution in [0.4, 0.5) is 5.69 Å². The number of amides is 2. The maximum Gasteiger partial charge on any atom is 0.337 e. The Hall–Kier alpha value is -4.66. The summed E-state index contributed by atoms with van der Waals surface area (Å²) in [5.41, 5.74) is 4.05. The first-order valence-corrected chi connectivity index (χ1v) is 11.2. The maximum absolute atomic E-state index is 13.1. The summed E-state index contributed by atoms with van der Waals surface area (Å²) in [5, 5.41) is 14.9. The highest BCUT2D eigenvalue weighted by Gasteiger charge is 2.28. The van der Waals surface area contributed by atoms with Crippen molar-refractivity contribution in [2.45, 2.75) is 26.3 Å². The number of nitrogens with one attached hydrogen (secondary N) is 3. The number of ether oxygens (including phenoxy) is 1. The van der Waals surface area contributed by atoms with Crippen LogP contribution in [0.5, 0.6) is 0 Å². The quantitative estimate of drug-likeness (QED) is 0.298. The van der Waals surface area contributed by atoms with Gasteiger partial charge in [0, 0.05) is 34.6 Å². The van der Waals surface area contributed by atoms with Gasteiger partial charge in [0.2, 0.25) is 0 Å². The number of H-pyrrole nitrogens is 1. The molecule has 1 aliphatic rings. The number of aryl methyl sites for hydroxylation is 1. The molecule has 1 aliphatic heterocycles. The van der Waals surface area contributed by atoms with Crippen molar-refractivity contribution in [1.82, 2.24) is 10.3 Å². The topological polar surface area (TPSA) is 138 Å². The molecule has 2 heterocycles. The Balaban J connectivity index is 1.63. The largest absolute Gasteiger partial charge is 0.478 e. The van der Waals surface area contributed by atoms with Crippen LogP contribution in [0.25, 0.3) is 11.6 Å². The SMILES string of the molecule is COC(=O)C(Cc1ccccc1)NC(=O)c1ccc2c(c1)C(=Cc1[nH]c(C)c(C(=O)O)c1C)C(=O)N2. The van der Waals surface area contributed by atoms with Crippen LogP contribution in [0.15, 0.2) is 48.5 Å². The van der Waals surface area contributed by atoms with Crippen molar-refractivity contribution in [3.63, 3.8) is 0 Å². The minimum atomic E-state index is -1.06. The molecule has 0 spiro atoms. The molecule has 1 atom stereocenters. The second-order valence-corrected chi connectivity index (χ2v) is 8.48. The summed E-state index contributed by atoms with van der Waals surface area (Å²) in [6.45, 7) is 3.31. The van der Waals surface area contributed by atoms with E-state index < -0.39 is 23.9 Å². The molecule has 4 rings (SSSR count). The van der Waals surface area contributed by atoms with Crippen LogP contribution < -0.4 is 10.6 Å². The average molecular weight is 488 g/mol. The van der Waals surface area contributed by atoms with E-state index >= 15 is 0 Å². The molecule has 0 aliphatic carbocycles. The first-order valence-electron chi connectivity index (χ1n) is 11.2. The fourth-order valence-electron chi connectivity index (χ4n) is 4.28. The van der Waals surface area contributed by atoms with Gasteiger partial charge in [-0.25, -0.2) is 9.59 Å². The number of rotatable bonds is 7. The molecule has 0 bridgehead atoms. The molecule has 9 nitrogen and oxygen atoms in total. The zero-order valence-electron chi connectivity index (χ0n) is 20.0. The highest BCUT2D eigenvalue weighted by atomic mass is 16.5. The summed E-state index contributed by atoms with van der Waals surface area (Å²) in [4.78, 5) is 52.7. The van der Waals surface area contributed by atoms with Crippen molar-refractivity contribution in [2.75, 3.05) is 12.4 Å². The summed E-state index contributed by atoms with van der Waals surface area (Å²) in [7, 11) is 1.26. The Morgan fingerprint density at radius 2 is 1.83 bits per heavy atom. The van der Waals surface area contributed by atoms with Crippen molar-refractivity contribution >= 4 is 41.1 Å². The van der Waals surface area contributed by atoms with Crippen LogP contribution in [0.1, 0.15) is 48.8 Å². The molecular formula is C27H25N3O6. The predicted octanol–water partition coefficient (Wildman–Crippen LogP) is 3.34. The van der Waals surface area contributed by atoms with Gasteiger partial charge in [-0.05, 0) is 49.2 Å². The number of carbonyl (C=O) groups excluding carboxylic acids is 3. The van der Waals surface area contributed by atoms with Gasteiger partial charge in [0.25, 0.3) is 11.8 Å². The Bertz CT molecular complexity index is 1400. The number of aromatic carboxylic acids is 1. The number of hydrogen-bond acceptors (Lipinski definition) is 5. The molecule has 9 heteroatoms. The van der Waals surface area contributed by atoms with Crippen molar-refractivity contribution in [2.24, 2.45) is 0 Å². The summed E-state index contributed by atoms with van der Waals surface area (Å²) < 4.78 is 4.87. The molecule has 1 unspecified atom stereocenters. The number of fused-ring (bicyclic) bond motifs is 1. The molecule has 2 aromatic carbocycles. The summed E-state index contributed by atoms with van der Waals surface area (Å²) in [5.74, 6) is -2.50. The Morgan fingerprint density at radius 3 is 2.47 bits per heavy atom. The molecule has 36 heavy (non-hydrogen) atoms. The van der Waals surface area contributed by atoms with Gasteiger partial charge in [-0.3, -0.25) is 9.59 Å². The average Bonchev–Trinajstić information content (AvgIpc) is 3.32. The molecule has 0 saturated carbocycles. The summed E-state index contributed by atoms with van der Waals surface area (Å²) in [6, 6.07) is 13.1. The molecule has 0 radical (unpaired) electrons. The second-order valence-electron chi connectivity index (χ2n) is 8.48. The van der Waals surface area contributed by atoms with Crippen LogP contribution in [-0.4, -0.2) is 47.0 Å². The second kappa shape index (κ2) is 9.91. The van der Waals surface area contributed by atoms with Gasteiger partial charge in [-0.2, -0.15) is 0 Å². The minimum Gasteiger partial charge on any atom is -0.478 e. The van der Waals surface area contributed by atoms with E-state index in [1.54, 1.807) is 38.1 Å². The molecule has 0 fully saturated rings. The van der Waals surface area contributed by atoms with Gasteiger partial charge >= 0.3 is 11.9 Å². The summed E-state index contributed by atoms with van der Waals surface area (Å²) >= 11 is 0. The van der Waals surface area contributed by atoms with E-state index in [9.17, 15) is 24.3 Å². The lowest BCUT2D eigenvalue weighted by Gasteiger charge is -2.17. The molecule has 184 valence electrons. The van der Waals surface area contributed by atoms with Gasteiger partial charge in [0.15, 0.2) is 0 Å². The zero-order chi connectivity index (χ0) is 26.0. The van der Waals surface area contributed by atoms with Gasteiger partial charge in [0.1, 0.15) is 6.04 Å². The fraction of sp³-hybridized carbons (Fsp3) is 0.185. The number of anilines is 1. The normalized spacial score (nSPS) is 14.2. The predicted molar refractivity (Wildman–Crippen MR) is 134 cm³/mol. The number of aromatic amines is 1. The van der Waals surface area contributed by atoms with E-state index in [0.717, 1.165) is 5.56 Å². The van der Waals surface area contributed by atoms with E-state index in [0.29, 0.717) is 28.2 Å². The first-order chi connectivity index (χ1) is 17.2. The van der Waals surface area contributed by atoms with E-state index in [2.05, 4.69) is 15.6 Å². The van der Waals surface area contributed by atoms with Crippen LogP contribution >= 0.6 is 0 Å². The third-order valence-electron chi connectivity index (χ3n) is 6.12. The molecular weight excluding hydrogens is 462 g/mol. The molecule has 0 saturated heterocycles. The van der Waals surface area contributed by atoms with Gasteiger partial charge in [-0.15, -0.1) is 0 Å². The molecule has 4 N–H and O–H groups in total. The van der Waals surface area contributed by atoms with E-state index in [1.807, 2.05) is 30.3 Å². The number of esters is 1. The lowest BCUT2D eigenvalue weighted by Crippen LogP contribution is -2.43. The van der Waals surface area contributed by atoms with Crippen LogP contribution in [-0.2, 0) is 20.7 Å². The van der Waals surface area contributed by atoms with E-state index in [4.69, 9.17) is 4.74 Å². The molecule has 1 aromatic heterocycles. The highest BCUT2D eigenvalue weighted by Crippen LogP contribution is 2.34. The Morgan fingerprint density at radius 1 is 1.11 bits per heavy atom. The monoisotopic (exact) mass is 487 g/mol. The lowest BCUT2D eigenvalue weighted by atomic mass is 10.0. The van der Waals surface area contributed by atoms with E-state index in [-0.39, 0.29) is 29.0 Å². The van der Waals surface area contributed by atoms with E-state index in [1.165, 1.54) is 7.11 Å². The smallest absolute Gasteiger partial charge is 0.337 e. The van der Waals surface area contributed by atoms with Gasteiger partial charge in [-0.1, -0.05) is 30.3 Å². The standard InChI is InChI=1S/C27H25N3O6/c1-14-21(28-15(2)23(14)26(33)34)13-19-18-12-17(9-10-20(18)29-25(19)32)24(31)30-22(27(35)36-3)11-16-7-5-4-6-8-16/h4-10,12-13,22,28H,11H2,1-3H3,(H,29,32)(H,30,31)(H,33,34). The van der Waals surface area contributed by atoms with Crippen molar-refractivity contribution in [3.8, 4) is 0 Å². The van der Waals surface area contributed by atoms with Crippen molar-refractivity contribution in [3.05, 3.63) is 87.7 Å². The number of carboxylic acid groups (broad SMARTS) is 1. The number of benzene rings is 2. The first kappa shape index (κ1) is 24.5. The third kappa shape index (κ3) is 4.76. The molecule has 3 aromatic rings. The number of aromatic nitrogens is 1. The zero-order valence-corrected chi connectivity index (χ0v) is 20.0. The number of hydrogen-bond donors (Lipinski definition) is 4. The molecule has 2 amide bonds. The minimum absolute atomic E-state index is 0.154. The van der Waals surface area contributed by atoms with Crippen LogP contribution in [0, 0.1) is 13.8 Å². The third-order valence-corrected chi connectivity index (χ3v) is 6.12. The lowest BCUT2D eigenvalue weighted by molar-refractivity contribution is -0.142. The number of methoxy groups -OCH3 is 1. The summed E-state index contributed by atoms with van der Waals surface area (Å²) in [6.07, 6.45) is 1.83. The number of carbonyl (C=O) groups is 4. The van der Waals surface area contributed by atoms with Crippen molar-refractivity contribution < 1.29 is 29.0 Å². The Kier molecular flexibility index (Phi) is 6.73. The fourth-order valence-corrected chi connectivity index (χ4v) is 4.28. The Labute approximate surface area is 207 Å². The van der Waals surface area contributed by atoms with Crippen LogP contribution in [0.2, 0.25) is 0 Å². The van der Waals surface area contributed by atoms with Gasteiger partial charge < -0.3 is 25.5 Å².